The van der Waals surface area contributed by atoms with Crippen molar-refractivity contribution in [1.29, 1.82) is 0 Å². The van der Waals surface area contributed by atoms with E-state index in [1.807, 2.05) is 30.3 Å². The van der Waals surface area contributed by atoms with Gasteiger partial charge in [-0.1, -0.05) is 91.0 Å². The van der Waals surface area contributed by atoms with Gasteiger partial charge in [0, 0.05) is 11.1 Å². The van der Waals surface area contributed by atoms with Gasteiger partial charge in [0.15, 0.2) is 11.6 Å². The minimum Gasteiger partial charge on any atom is -0.380 e. The van der Waals surface area contributed by atoms with Crippen LogP contribution in [0.5, 0.6) is 0 Å². The molecule has 0 fully saturated rings. The average molecular weight is 347 g/mol. The third-order valence-corrected chi connectivity index (χ3v) is 3.70. The van der Waals surface area contributed by atoms with Crippen LogP contribution in [-0.4, -0.2) is 23.2 Å². The molecular formula is C22H21NO3. The number of carbonyl (C=O) groups is 2. The Balaban J connectivity index is 0.000000209. The van der Waals surface area contributed by atoms with E-state index < -0.39 is 6.10 Å². The van der Waals surface area contributed by atoms with Crippen LogP contribution in [0.3, 0.4) is 0 Å². The Hall–Kier alpha value is -3.08. The Morgan fingerprint density at radius 1 is 0.731 bits per heavy atom. The van der Waals surface area contributed by atoms with Crippen molar-refractivity contribution in [3.8, 4) is 0 Å². The first-order valence-electron chi connectivity index (χ1n) is 8.24. The third-order valence-electron chi connectivity index (χ3n) is 3.70. The van der Waals surface area contributed by atoms with Crippen molar-refractivity contribution in [2.24, 2.45) is 5.73 Å². The molecule has 0 aromatic heterocycles. The van der Waals surface area contributed by atoms with Gasteiger partial charge in [0.2, 0.25) is 0 Å². The second-order valence-corrected chi connectivity index (χ2v) is 5.54. The van der Waals surface area contributed by atoms with Gasteiger partial charge < -0.3 is 10.8 Å². The van der Waals surface area contributed by atoms with Crippen LogP contribution in [0.25, 0.3) is 0 Å². The molecule has 1 atom stereocenters. The van der Waals surface area contributed by atoms with Crippen LogP contribution in [0.1, 0.15) is 32.4 Å². The SMILES string of the molecule is NCC(=O)c1ccccc1.O=C(c1ccccc1)C(O)c1ccccc1. The number of ketones is 2. The summed E-state index contributed by atoms with van der Waals surface area (Å²) in [5.41, 5.74) is 6.99. The molecule has 0 bridgehead atoms. The van der Waals surface area contributed by atoms with Crippen molar-refractivity contribution in [2.75, 3.05) is 6.54 Å². The normalized spacial score (nSPS) is 11.0. The molecule has 3 rings (SSSR count). The average Bonchev–Trinajstić information content (AvgIpc) is 2.74. The van der Waals surface area contributed by atoms with E-state index in [4.69, 9.17) is 5.73 Å². The van der Waals surface area contributed by atoms with E-state index in [-0.39, 0.29) is 18.1 Å². The van der Waals surface area contributed by atoms with Crippen LogP contribution < -0.4 is 5.73 Å². The predicted octanol–water partition coefficient (Wildman–Crippen LogP) is 3.43. The topological polar surface area (TPSA) is 80.4 Å². The molecule has 4 nitrogen and oxygen atoms in total. The van der Waals surface area contributed by atoms with Crippen LogP contribution in [0, 0.1) is 0 Å². The van der Waals surface area contributed by atoms with E-state index in [0.717, 1.165) is 0 Å². The van der Waals surface area contributed by atoms with Gasteiger partial charge in [0.1, 0.15) is 6.10 Å². The smallest absolute Gasteiger partial charge is 0.195 e. The van der Waals surface area contributed by atoms with Crippen LogP contribution in [0.15, 0.2) is 91.0 Å². The fourth-order valence-electron chi connectivity index (χ4n) is 2.29. The summed E-state index contributed by atoms with van der Waals surface area (Å²) in [6.45, 7) is 0.0873. The summed E-state index contributed by atoms with van der Waals surface area (Å²) in [4.78, 5) is 22.8. The van der Waals surface area contributed by atoms with Crippen LogP contribution in [-0.2, 0) is 0 Å². The number of benzene rings is 3. The van der Waals surface area contributed by atoms with Crippen molar-refractivity contribution >= 4 is 11.6 Å². The maximum absolute atomic E-state index is 11.9. The van der Waals surface area contributed by atoms with E-state index in [0.29, 0.717) is 16.7 Å². The minimum atomic E-state index is -1.08. The molecule has 3 aromatic rings. The number of hydrogen-bond acceptors (Lipinski definition) is 4. The zero-order valence-corrected chi connectivity index (χ0v) is 14.3. The quantitative estimate of drug-likeness (QED) is 0.693. The lowest BCUT2D eigenvalue weighted by molar-refractivity contribution is 0.0747. The highest BCUT2D eigenvalue weighted by atomic mass is 16.3. The van der Waals surface area contributed by atoms with E-state index >= 15 is 0 Å². The molecule has 0 aliphatic rings. The summed E-state index contributed by atoms with van der Waals surface area (Å²) >= 11 is 0. The minimum absolute atomic E-state index is 0.0133. The van der Waals surface area contributed by atoms with Gasteiger partial charge in [-0.05, 0) is 5.56 Å². The molecule has 4 heteroatoms. The van der Waals surface area contributed by atoms with E-state index in [9.17, 15) is 14.7 Å². The highest BCUT2D eigenvalue weighted by Gasteiger charge is 2.18. The largest absolute Gasteiger partial charge is 0.380 e. The zero-order chi connectivity index (χ0) is 18.8. The fourth-order valence-corrected chi connectivity index (χ4v) is 2.29. The molecule has 3 N–H and O–H groups in total. The molecule has 0 amide bonds. The molecule has 3 aromatic carbocycles. The van der Waals surface area contributed by atoms with Crippen molar-refractivity contribution in [3.63, 3.8) is 0 Å². The highest BCUT2D eigenvalue weighted by Crippen LogP contribution is 2.17. The van der Waals surface area contributed by atoms with Crippen LogP contribution in [0.2, 0.25) is 0 Å². The first kappa shape index (κ1) is 19.2. The Morgan fingerprint density at radius 2 is 1.15 bits per heavy atom. The fraction of sp³-hybridized carbons (Fsp3) is 0.0909. The summed E-state index contributed by atoms with van der Waals surface area (Å²) in [5, 5.41) is 9.89. The zero-order valence-electron chi connectivity index (χ0n) is 14.3. The van der Waals surface area contributed by atoms with Crippen molar-refractivity contribution in [1.82, 2.24) is 0 Å². The summed E-state index contributed by atoms with van der Waals surface area (Å²) in [6.07, 6.45) is -1.08. The first-order chi connectivity index (χ1) is 12.6. The molecule has 26 heavy (non-hydrogen) atoms. The van der Waals surface area contributed by atoms with Gasteiger partial charge in [-0.3, -0.25) is 9.59 Å². The second-order valence-electron chi connectivity index (χ2n) is 5.54. The van der Waals surface area contributed by atoms with Crippen molar-refractivity contribution in [3.05, 3.63) is 108 Å². The molecule has 132 valence electrons. The van der Waals surface area contributed by atoms with Gasteiger partial charge in [-0.25, -0.2) is 0 Å². The van der Waals surface area contributed by atoms with E-state index in [1.165, 1.54) is 0 Å². The molecule has 0 spiro atoms. The van der Waals surface area contributed by atoms with Crippen LogP contribution in [0.4, 0.5) is 0 Å². The van der Waals surface area contributed by atoms with Gasteiger partial charge in [0.05, 0.1) is 6.54 Å². The summed E-state index contributed by atoms with van der Waals surface area (Å²) in [6, 6.07) is 26.8. The molecule has 1 unspecified atom stereocenters. The number of Topliss-reactive ketones (excluding diaryl/α,β-unsaturated/α-hetero) is 2. The number of nitrogens with two attached hydrogens (primary N) is 1. The summed E-state index contributed by atoms with van der Waals surface area (Å²) < 4.78 is 0. The van der Waals surface area contributed by atoms with E-state index in [1.54, 1.807) is 60.7 Å². The molecule has 0 radical (unpaired) electrons. The summed E-state index contributed by atoms with van der Waals surface area (Å²) in [5.74, 6) is -0.285. The molecule has 0 aliphatic heterocycles. The first-order valence-corrected chi connectivity index (χ1v) is 8.24. The van der Waals surface area contributed by atoms with Gasteiger partial charge >= 0.3 is 0 Å². The Kier molecular flexibility index (Phi) is 7.43. The lowest BCUT2D eigenvalue weighted by atomic mass is 10.0. The predicted molar refractivity (Wildman–Crippen MR) is 102 cm³/mol. The lowest BCUT2D eigenvalue weighted by Crippen LogP contribution is -2.12. The van der Waals surface area contributed by atoms with Crippen LogP contribution >= 0.6 is 0 Å². The maximum atomic E-state index is 11.9. The van der Waals surface area contributed by atoms with Gasteiger partial charge in [0.25, 0.3) is 0 Å². The Bertz CT molecular complexity index is 818. The molecule has 0 saturated heterocycles. The number of carbonyl (C=O) groups excluding carboxylic acids is 2. The third kappa shape index (κ3) is 5.48. The monoisotopic (exact) mass is 347 g/mol. The number of aliphatic hydroxyl groups excluding tert-OH is 1. The summed E-state index contributed by atoms with van der Waals surface area (Å²) in [7, 11) is 0. The van der Waals surface area contributed by atoms with Gasteiger partial charge in [-0.15, -0.1) is 0 Å². The second kappa shape index (κ2) is 10.0. The van der Waals surface area contributed by atoms with Crippen molar-refractivity contribution in [2.45, 2.75) is 6.10 Å². The Labute approximate surface area is 152 Å². The number of hydrogen-bond donors (Lipinski definition) is 2. The molecular weight excluding hydrogens is 326 g/mol. The van der Waals surface area contributed by atoms with Gasteiger partial charge in [-0.2, -0.15) is 0 Å². The number of rotatable bonds is 5. The standard InChI is InChI=1S/C14H12O2.C8H9NO/c15-13(11-7-3-1-4-8-11)14(16)12-9-5-2-6-10-12;9-6-8(10)7-4-2-1-3-5-7/h1-10,13,15H;1-5H,6,9H2. The maximum Gasteiger partial charge on any atom is 0.195 e. The van der Waals surface area contributed by atoms with E-state index in [2.05, 4.69) is 0 Å². The lowest BCUT2D eigenvalue weighted by Gasteiger charge is -2.09. The number of aliphatic hydroxyl groups is 1. The molecule has 0 heterocycles. The Morgan fingerprint density at radius 3 is 1.62 bits per heavy atom. The molecule has 0 aliphatic carbocycles. The molecule has 0 saturated carbocycles. The highest BCUT2D eigenvalue weighted by molar-refractivity contribution is 5.99. The van der Waals surface area contributed by atoms with Crippen molar-refractivity contribution < 1.29 is 14.7 Å².